The van der Waals surface area contributed by atoms with E-state index in [1.807, 2.05) is 18.2 Å². The molecular weight excluding hydrogens is 816 g/mol. The number of rotatable bonds is 7. The Morgan fingerprint density at radius 2 is 1.51 bits per heavy atom. The second-order valence-electron chi connectivity index (χ2n) is 13.6. The number of phenols is 1. The van der Waals surface area contributed by atoms with E-state index in [-0.39, 0.29) is 41.9 Å². The third-order valence-electron chi connectivity index (χ3n) is 11.2. The molecule has 2 heterocycles. The van der Waals surface area contributed by atoms with Gasteiger partial charge in [0.1, 0.15) is 23.1 Å². The van der Waals surface area contributed by atoms with Gasteiger partial charge in [-0.25, -0.2) is 4.39 Å². The number of ether oxygens (including phenoxy) is 2. The molecule has 0 bridgehead atoms. The van der Waals surface area contributed by atoms with Crippen LogP contribution >= 0.6 is 34.2 Å². The highest BCUT2D eigenvalue weighted by Crippen LogP contribution is 2.66. The normalized spacial score (nSPS) is 26.2. The second-order valence-corrected chi connectivity index (χ2v) is 15.3. The number of nitrogens with zero attached hydrogens (tertiary/aromatic N) is 2. The zero-order valence-electron chi connectivity index (χ0n) is 28.4. The Morgan fingerprint density at radius 3 is 2.13 bits per heavy atom. The maximum absolute atomic E-state index is 15.4. The van der Waals surface area contributed by atoms with Crippen LogP contribution in [0.1, 0.15) is 29.9 Å². The summed E-state index contributed by atoms with van der Waals surface area (Å²) < 4.78 is 26.6. The van der Waals surface area contributed by atoms with Crippen LogP contribution in [0.15, 0.2) is 96.6 Å². The molecule has 4 aromatic carbocycles. The first-order chi connectivity index (χ1) is 25.5. The molecule has 2 aliphatic heterocycles. The molecule has 10 nitrogen and oxygen atoms in total. The van der Waals surface area contributed by atoms with Gasteiger partial charge in [0.05, 0.1) is 48.8 Å². The standard InChI is InChI=1S/C40H32ClFIN3O7/c1-52-31-17-26(47)18-32(53-2)34(31)35-27-15-16-28-33(38(50)45(36(28)48)25-13-9-23(43)10-14-25)29(27)19-30-37(49)46(44-24-11-7-22(42)8-12-24)39(51)40(30,35)20-3-5-21(41)6-4-20/h3-15,17-18,28-30,33,35,44,47H,16,19H2,1-2H3. The fraction of sp³-hybridized carbons (Fsp3) is 0.250. The molecule has 2 N–H and O–H groups in total. The number of phenolic OH excluding ortho intramolecular Hbond substituents is 1. The summed E-state index contributed by atoms with van der Waals surface area (Å²) in [7, 11) is 2.86. The average Bonchev–Trinajstić information content (AvgIpc) is 3.53. The summed E-state index contributed by atoms with van der Waals surface area (Å²) >= 11 is 8.54. The minimum absolute atomic E-state index is 0.0561. The van der Waals surface area contributed by atoms with Crippen molar-refractivity contribution in [3.8, 4) is 17.2 Å². The van der Waals surface area contributed by atoms with Gasteiger partial charge in [0.15, 0.2) is 0 Å². The molecule has 53 heavy (non-hydrogen) atoms. The summed E-state index contributed by atoms with van der Waals surface area (Å²) in [6.07, 6.45) is 2.19. The van der Waals surface area contributed by atoms with Crippen molar-refractivity contribution in [2.24, 2.45) is 23.7 Å². The van der Waals surface area contributed by atoms with Crippen LogP contribution in [0.2, 0.25) is 5.02 Å². The van der Waals surface area contributed by atoms with Crippen molar-refractivity contribution in [3.63, 3.8) is 0 Å². The maximum Gasteiger partial charge on any atom is 0.260 e. The molecule has 13 heteroatoms. The summed E-state index contributed by atoms with van der Waals surface area (Å²) in [5.74, 6) is -6.36. The van der Waals surface area contributed by atoms with E-state index >= 15 is 4.79 Å². The van der Waals surface area contributed by atoms with E-state index in [4.69, 9.17) is 21.1 Å². The van der Waals surface area contributed by atoms with Crippen LogP contribution in [-0.4, -0.2) is 48.0 Å². The molecule has 6 unspecified atom stereocenters. The number of carbonyl (C=O) groups is 4. The van der Waals surface area contributed by atoms with Crippen molar-refractivity contribution in [2.75, 3.05) is 24.5 Å². The Kier molecular flexibility index (Phi) is 8.72. The first-order valence-corrected chi connectivity index (χ1v) is 18.4. The molecule has 1 saturated carbocycles. The van der Waals surface area contributed by atoms with Gasteiger partial charge in [-0.15, -0.1) is 0 Å². The Labute approximate surface area is 322 Å². The average molecular weight is 848 g/mol. The van der Waals surface area contributed by atoms with Crippen LogP contribution < -0.4 is 19.8 Å². The number of nitrogens with one attached hydrogen (secondary N) is 1. The second kappa shape index (κ2) is 13.2. The number of methoxy groups -OCH3 is 2. The lowest BCUT2D eigenvalue weighted by Crippen LogP contribution is -2.53. The summed E-state index contributed by atoms with van der Waals surface area (Å²) in [6, 6.07) is 21.9. The fourth-order valence-electron chi connectivity index (χ4n) is 9.02. The summed E-state index contributed by atoms with van der Waals surface area (Å²) in [5, 5.41) is 12.1. The van der Waals surface area contributed by atoms with Crippen molar-refractivity contribution < 1.29 is 38.1 Å². The van der Waals surface area contributed by atoms with Crippen molar-refractivity contribution in [2.45, 2.75) is 24.2 Å². The minimum Gasteiger partial charge on any atom is -0.508 e. The SMILES string of the molecule is COc1cc(O)cc(OC)c1C1C2=CCC3C(=O)N(c4ccc(I)cc4)C(=O)C3C2CC2C(=O)N(Nc3ccc(F)cc3)C(=O)C21c1ccc(Cl)cc1. The highest BCUT2D eigenvalue weighted by Gasteiger charge is 2.71. The van der Waals surface area contributed by atoms with Gasteiger partial charge in [-0.1, -0.05) is 35.4 Å². The molecule has 6 atom stereocenters. The Balaban J connectivity index is 1.37. The van der Waals surface area contributed by atoms with Gasteiger partial charge in [-0.3, -0.25) is 29.5 Å². The summed E-state index contributed by atoms with van der Waals surface area (Å²) in [5.41, 5.74) is 3.57. The van der Waals surface area contributed by atoms with Gasteiger partial charge in [0.2, 0.25) is 11.8 Å². The Bertz CT molecular complexity index is 2190. The molecule has 2 saturated heterocycles. The first-order valence-electron chi connectivity index (χ1n) is 16.9. The van der Waals surface area contributed by atoms with Crippen molar-refractivity contribution >= 4 is 69.2 Å². The number of anilines is 2. The quantitative estimate of drug-likeness (QED) is 0.116. The number of hydrogen-bond donors (Lipinski definition) is 2. The van der Waals surface area contributed by atoms with Crippen LogP contribution in [-0.2, 0) is 24.6 Å². The summed E-state index contributed by atoms with van der Waals surface area (Å²) in [4.78, 5) is 60.2. The number of hydrazine groups is 1. The molecule has 270 valence electrons. The lowest BCUT2D eigenvalue weighted by atomic mass is 9.49. The fourth-order valence-corrected chi connectivity index (χ4v) is 9.51. The summed E-state index contributed by atoms with van der Waals surface area (Å²) in [6.45, 7) is 0. The number of halogens is 3. The lowest BCUT2D eigenvalue weighted by Gasteiger charge is -2.51. The number of fused-ring (bicyclic) bond motifs is 4. The van der Waals surface area contributed by atoms with E-state index in [1.54, 1.807) is 36.4 Å². The van der Waals surface area contributed by atoms with Crippen LogP contribution in [0, 0.1) is 33.1 Å². The lowest BCUT2D eigenvalue weighted by molar-refractivity contribution is -0.138. The zero-order valence-corrected chi connectivity index (χ0v) is 31.3. The zero-order chi connectivity index (χ0) is 37.3. The molecule has 4 aromatic rings. The van der Waals surface area contributed by atoms with Crippen molar-refractivity contribution in [3.05, 3.63) is 122 Å². The third-order valence-corrected chi connectivity index (χ3v) is 12.1. The third kappa shape index (κ3) is 5.31. The number of imide groups is 2. The number of amides is 4. The van der Waals surface area contributed by atoms with Gasteiger partial charge in [-0.2, -0.15) is 5.01 Å². The van der Waals surface area contributed by atoms with Crippen molar-refractivity contribution in [1.29, 1.82) is 0 Å². The number of benzene rings is 4. The maximum atomic E-state index is 15.4. The molecule has 8 rings (SSSR count). The number of hydrogen-bond acceptors (Lipinski definition) is 8. The number of allylic oxidation sites excluding steroid dienone is 2. The van der Waals surface area contributed by atoms with E-state index < -0.39 is 52.6 Å². The molecule has 4 aliphatic rings. The molecule has 0 radical (unpaired) electrons. The monoisotopic (exact) mass is 847 g/mol. The van der Waals surface area contributed by atoms with Crippen LogP contribution in [0.5, 0.6) is 17.2 Å². The van der Waals surface area contributed by atoms with E-state index in [0.29, 0.717) is 33.1 Å². The van der Waals surface area contributed by atoms with Gasteiger partial charge < -0.3 is 14.6 Å². The van der Waals surface area contributed by atoms with Gasteiger partial charge in [0.25, 0.3) is 11.8 Å². The minimum atomic E-state index is -1.66. The molecule has 0 spiro atoms. The van der Waals surface area contributed by atoms with Gasteiger partial charge in [-0.05, 0) is 108 Å². The molecular formula is C40H32ClFIN3O7. The van der Waals surface area contributed by atoms with E-state index in [0.717, 1.165) is 8.58 Å². The highest BCUT2D eigenvalue weighted by molar-refractivity contribution is 14.1. The molecule has 4 amide bonds. The van der Waals surface area contributed by atoms with Crippen LogP contribution in [0.4, 0.5) is 15.8 Å². The van der Waals surface area contributed by atoms with E-state index in [2.05, 4.69) is 28.0 Å². The molecule has 2 aliphatic carbocycles. The highest BCUT2D eigenvalue weighted by atomic mass is 127. The van der Waals surface area contributed by atoms with Crippen LogP contribution in [0.25, 0.3) is 0 Å². The largest absolute Gasteiger partial charge is 0.508 e. The number of carbonyl (C=O) groups excluding carboxylic acids is 4. The van der Waals surface area contributed by atoms with E-state index in [9.17, 15) is 23.9 Å². The molecule has 3 fully saturated rings. The molecule has 0 aromatic heterocycles. The van der Waals surface area contributed by atoms with E-state index in [1.165, 1.54) is 55.5 Å². The van der Waals surface area contributed by atoms with Crippen molar-refractivity contribution in [1.82, 2.24) is 5.01 Å². The Hall–Kier alpha value is -4.95. The van der Waals surface area contributed by atoms with Gasteiger partial charge in [0, 0.05) is 32.2 Å². The topological polar surface area (TPSA) is 125 Å². The smallest absolute Gasteiger partial charge is 0.260 e. The van der Waals surface area contributed by atoms with Crippen LogP contribution in [0.3, 0.4) is 0 Å². The van der Waals surface area contributed by atoms with Gasteiger partial charge >= 0.3 is 0 Å². The number of aromatic hydroxyl groups is 1. The predicted molar refractivity (Wildman–Crippen MR) is 202 cm³/mol. The Morgan fingerprint density at radius 1 is 0.868 bits per heavy atom. The predicted octanol–water partition coefficient (Wildman–Crippen LogP) is 7.00. The first kappa shape index (κ1) is 35.1.